The van der Waals surface area contributed by atoms with Crippen molar-refractivity contribution in [1.82, 2.24) is 4.90 Å². The van der Waals surface area contributed by atoms with E-state index in [0.29, 0.717) is 5.75 Å². The third kappa shape index (κ3) is 5.65. The van der Waals surface area contributed by atoms with Gasteiger partial charge in [-0.2, -0.15) is 0 Å². The molecule has 1 amide bonds. The molecule has 20 heavy (non-hydrogen) atoms. The molecule has 0 aliphatic carbocycles. The highest BCUT2D eigenvalue weighted by atomic mass is 32.2. The van der Waals surface area contributed by atoms with Gasteiger partial charge in [0.1, 0.15) is 6.54 Å². The Morgan fingerprint density at radius 1 is 1.25 bits per heavy atom. The largest absolute Gasteiger partial charge is 0.468 e. The van der Waals surface area contributed by atoms with Crippen LogP contribution >= 0.6 is 11.8 Å². The summed E-state index contributed by atoms with van der Waals surface area (Å²) >= 11 is 1.55. The lowest BCUT2D eigenvalue weighted by Gasteiger charge is -2.25. The number of esters is 1. The molecule has 0 aliphatic heterocycles. The Kier molecular flexibility index (Phi) is 7.15. The Bertz CT molecular complexity index is 434. The molecule has 0 aromatic heterocycles. The van der Waals surface area contributed by atoms with Crippen LogP contribution < -0.4 is 0 Å². The summed E-state index contributed by atoms with van der Waals surface area (Å²) in [6.45, 7) is 3.80. The lowest BCUT2D eigenvalue weighted by Crippen LogP contribution is -2.42. The summed E-state index contributed by atoms with van der Waals surface area (Å²) in [6.07, 6.45) is 0. The second-order valence-corrected chi connectivity index (χ2v) is 5.66. The van der Waals surface area contributed by atoms with Gasteiger partial charge in [-0.05, 0) is 19.4 Å². The predicted octanol–water partition coefficient (Wildman–Crippen LogP) is 2.33. The topological polar surface area (TPSA) is 46.6 Å². The highest BCUT2D eigenvalue weighted by molar-refractivity contribution is 7.99. The van der Waals surface area contributed by atoms with Crippen molar-refractivity contribution in [3.8, 4) is 0 Å². The van der Waals surface area contributed by atoms with Crippen molar-refractivity contribution in [2.45, 2.75) is 25.6 Å². The van der Waals surface area contributed by atoms with E-state index < -0.39 is 0 Å². The fourth-order valence-electron chi connectivity index (χ4n) is 1.68. The number of amides is 1. The van der Waals surface area contributed by atoms with Gasteiger partial charge in [-0.15, -0.1) is 11.8 Å². The minimum absolute atomic E-state index is 0.0128. The number of ether oxygens (including phenoxy) is 1. The molecule has 110 valence electrons. The molecule has 0 saturated carbocycles. The monoisotopic (exact) mass is 295 g/mol. The standard InChI is InChI=1S/C15H21NO3S/c1-12(2)16(9-15(18)19-3)14(17)11-20-10-13-7-5-4-6-8-13/h4-8,12H,9-11H2,1-3H3. The highest BCUT2D eigenvalue weighted by Crippen LogP contribution is 2.13. The number of methoxy groups -OCH3 is 1. The first-order valence-corrected chi connectivity index (χ1v) is 7.68. The Labute approximate surface area is 124 Å². The predicted molar refractivity (Wildman–Crippen MR) is 81.5 cm³/mol. The SMILES string of the molecule is COC(=O)CN(C(=O)CSCc1ccccc1)C(C)C. The zero-order chi connectivity index (χ0) is 15.0. The van der Waals surface area contributed by atoms with E-state index in [0.717, 1.165) is 5.75 Å². The number of hydrogen-bond donors (Lipinski definition) is 0. The van der Waals surface area contributed by atoms with E-state index in [4.69, 9.17) is 0 Å². The third-order valence-corrected chi connectivity index (χ3v) is 3.80. The van der Waals surface area contributed by atoms with Gasteiger partial charge < -0.3 is 9.64 Å². The lowest BCUT2D eigenvalue weighted by atomic mass is 10.2. The molecule has 0 atom stereocenters. The van der Waals surface area contributed by atoms with Crippen LogP contribution in [-0.4, -0.2) is 42.2 Å². The van der Waals surface area contributed by atoms with Crippen molar-refractivity contribution in [3.05, 3.63) is 35.9 Å². The quantitative estimate of drug-likeness (QED) is 0.724. The van der Waals surface area contributed by atoms with Crippen LogP contribution in [0.2, 0.25) is 0 Å². The molecule has 4 nitrogen and oxygen atoms in total. The van der Waals surface area contributed by atoms with E-state index in [9.17, 15) is 9.59 Å². The molecule has 1 aromatic carbocycles. The highest BCUT2D eigenvalue weighted by Gasteiger charge is 2.20. The molecule has 0 N–H and O–H groups in total. The van der Waals surface area contributed by atoms with Crippen molar-refractivity contribution < 1.29 is 14.3 Å². The third-order valence-electron chi connectivity index (χ3n) is 2.81. The first-order chi connectivity index (χ1) is 9.54. The van der Waals surface area contributed by atoms with Crippen molar-refractivity contribution in [2.24, 2.45) is 0 Å². The smallest absolute Gasteiger partial charge is 0.325 e. The molecule has 0 saturated heterocycles. The molecular formula is C15H21NO3S. The van der Waals surface area contributed by atoms with Gasteiger partial charge in [0.25, 0.3) is 0 Å². The van der Waals surface area contributed by atoms with Crippen molar-refractivity contribution in [2.75, 3.05) is 19.4 Å². The molecule has 0 aliphatic rings. The second kappa shape index (κ2) is 8.64. The molecular weight excluding hydrogens is 274 g/mol. The van der Waals surface area contributed by atoms with Crippen LogP contribution in [0.4, 0.5) is 0 Å². The number of thioether (sulfide) groups is 1. The van der Waals surface area contributed by atoms with Crippen LogP contribution in [0.15, 0.2) is 30.3 Å². The minimum Gasteiger partial charge on any atom is -0.468 e. The van der Waals surface area contributed by atoms with E-state index in [2.05, 4.69) is 4.74 Å². The maximum absolute atomic E-state index is 12.1. The van der Waals surface area contributed by atoms with Crippen LogP contribution in [0.3, 0.4) is 0 Å². The summed E-state index contributed by atoms with van der Waals surface area (Å²) in [6, 6.07) is 9.98. The Morgan fingerprint density at radius 3 is 2.45 bits per heavy atom. The molecule has 0 unspecified atom stereocenters. The molecule has 1 rings (SSSR count). The maximum atomic E-state index is 12.1. The van der Waals surface area contributed by atoms with Crippen LogP contribution in [-0.2, 0) is 20.1 Å². The van der Waals surface area contributed by atoms with Gasteiger partial charge in [0.2, 0.25) is 5.91 Å². The summed E-state index contributed by atoms with van der Waals surface area (Å²) in [4.78, 5) is 25.0. The zero-order valence-corrected chi connectivity index (χ0v) is 13.0. The minimum atomic E-state index is -0.389. The number of hydrogen-bond acceptors (Lipinski definition) is 4. The fraction of sp³-hybridized carbons (Fsp3) is 0.467. The fourth-order valence-corrected chi connectivity index (χ4v) is 2.55. The molecule has 0 radical (unpaired) electrons. The van der Waals surface area contributed by atoms with Crippen LogP contribution in [0, 0.1) is 0 Å². The van der Waals surface area contributed by atoms with Crippen molar-refractivity contribution >= 4 is 23.6 Å². The van der Waals surface area contributed by atoms with Gasteiger partial charge in [-0.25, -0.2) is 0 Å². The molecule has 0 fully saturated rings. The average molecular weight is 295 g/mol. The van der Waals surface area contributed by atoms with E-state index in [1.807, 2.05) is 44.2 Å². The number of benzene rings is 1. The number of carbonyl (C=O) groups excluding carboxylic acids is 2. The number of carbonyl (C=O) groups is 2. The summed E-state index contributed by atoms with van der Waals surface area (Å²) in [5.41, 5.74) is 1.19. The van der Waals surface area contributed by atoms with Crippen LogP contribution in [0.25, 0.3) is 0 Å². The van der Waals surface area contributed by atoms with Gasteiger partial charge in [-0.3, -0.25) is 9.59 Å². The van der Waals surface area contributed by atoms with E-state index in [1.54, 1.807) is 16.7 Å². The van der Waals surface area contributed by atoms with Gasteiger partial charge >= 0.3 is 5.97 Å². The Hall–Kier alpha value is -1.49. The number of nitrogens with zero attached hydrogens (tertiary/aromatic N) is 1. The first-order valence-electron chi connectivity index (χ1n) is 6.52. The van der Waals surface area contributed by atoms with E-state index in [1.165, 1.54) is 12.7 Å². The lowest BCUT2D eigenvalue weighted by molar-refractivity contribution is -0.147. The Balaban J connectivity index is 2.44. The summed E-state index contributed by atoms with van der Waals surface area (Å²) < 4.78 is 4.62. The van der Waals surface area contributed by atoms with Gasteiger partial charge in [0.05, 0.1) is 12.9 Å². The van der Waals surface area contributed by atoms with E-state index in [-0.39, 0.29) is 24.5 Å². The average Bonchev–Trinajstić information content (AvgIpc) is 2.45. The summed E-state index contributed by atoms with van der Waals surface area (Å²) in [5.74, 6) is 0.729. The van der Waals surface area contributed by atoms with E-state index >= 15 is 0 Å². The number of rotatable bonds is 7. The normalized spacial score (nSPS) is 10.4. The van der Waals surface area contributed by atoms with Gasteiger partial charge in [0.15, 0.2) is 0 Å². The van der Waals surface area contributed by atoms with Crippen molar-refractivity contribution in [1.29, 1.82) is 0 Å². The Morgan fingerprint density at radius 2 is 1.90 bits per heavy atom. The zero-order valence-electron chi connectivity index (χ0n) is 12.2. The summed E-state index contributed by atoms with van der Waals surface area (Å²) in [7, 11) is 1.33. The van der Waals surface area contributed by atoms with Crippen LogP contribution in [0.5, 0.6) is 0 Å². The second-order valence-electron chi connectivity index (χ2n) is 4.67. The maximum Gasteiger partial charge on any atom is 0.325 e. The van der Waals surface area contributed by atoms with Gasteiger partial charge in [0, 0.05) is 11.8 Å². The molecule has 5 heteroatoms. The van der Waals surface area contributed by atoms with Crippen LogP contribution in [0.1, 0.15) is 19.4 Å². The summed E-state index contributed by atoms with van der Waals surface area (Å²) in [5, 5.41) is 0. The first kappa shape index (κ1) is 16.6. The van der Waals surface area contributed by atoms with Gasteiger partial charge in [-0.1, -0.05) is 30.3 Å². The molecule has 0 spiro atoms. The molecule has 1 aromatic rings. The van der Waals surface area contributed by atoms with Crippen molar-refractivity contribution in [3.63, 3.8) is 0 Å². The molecule has 0 heterocycles. The molecule has 0 bridgehead atoms.